The van der Waals surface area contributed by atoms with Gasteiger partial charge in [-0.05, 0) is 13.6 Å². The van der Waals surface area contributed by atoms with Crippen LogP contribution in [0.15, 0.2) is 0 Å². The molecule has 0 aromatic heterocycles. The molecule has 0 aromatic rings. The van der Waals surface area contributed by atoms with Gasteiger partial charge in [0.15, 0.2) is 0 Å². The highest BCUT2D eigenvalue weighted by Crippen LogP contribution is 1.76. The molecule has 0 aliphatic heterocycles. The summed E-state index contributed by atoms with van der Waals surface area (Å²) < 4.78 is 0. The first-order valence-corrected chi connectivity index (χ1v) is 3.86. The molecule has 4 nitrogen and oxygen atoms in total. The van der Waals surface area contributed by atoms with Crippen LogP contribution in [0, 0.1) is 0 Å². The van der Waals surface area contributed by atoms with Crippen molar-refractivity contribution < 1.29 is 4.79 Å². The Hall–Kier alpha value is -0.610. The number of nitrogens with zero attached hydrogens (tertiary/aromatic N) is 1. The molecule has 0 aliphatic rings. The maximum absolute atomic E-state index is 10.6. The van der Waals surface area contributed by atoms with Gasteiger partial charge in [-0.15, -0.1) is 0 Å². The fraction of sp³-hybridized carbons (Fsp3) is 0.857. The van der Waals surface area contributed by atoms with Crippen molar-refractivity contribution >= 4 is 5.91 Å². The van der Waals surface area contributed by atoms with Crippen LogP contribution in [0.4, 0.5) is 0 Å². The summed E-state index contributed by atoms with van der Waals surface area (Å²) in [6, 6.07) is 0. The molecule has 1 amide bonds. The topological polar surface area (TPSA) is 58.4 Å². The average molecular weight is 159 g/mol. The minimum absolute atomic E-state index is 0.0792. The standard InChI is InChI=1S/C7H17N3O/c1-3-10(2)5-4-9-7(11)6-8/h3-6,8H2,1-2H3,(H,9,11). The first kappa shape index (κ1) is 10.4. The number of hydrogen-bond donors (Lipinski definition) is 2. The molecule has 0 heterocycles. The predicted molar refractivity (Wildman–Crippen MR) is 45.2 cm³/mol. The summed E-state index contributed by atoms with van der Waals surface area (Å²) in [5.74, 6) is -0.0884. The molecule has 3 N–H and O–H groups in total. The van der Waals surface area contributed by atoms with E-state index in [9.17, 15) is 4.79 Å². The van der Waals surface area contributed by atoms with E-state index < -0.39 is 0 Å². The number of likely N-dealkylation sites (N-methyl/N-ethyl adjacent to an activating group) is 1. The highest BCUT2D eigenvalue weighted by atomic mass is 16.1. The molecule has 0 spiro atoms. The average Bonchev–Trinajstić information content (AvgIpc) is 2.04. The lowest BCUT2D eigenvalue weighted by Gasteiger charge is -2.13. The van der Waals surface area contributed by atoms with Gasteiger partial charge in [0.05, 0.1) is 6.54 Å². The van der Waals surface area contributed by atoms with Gasteiger partial charge >= 0.3 is 0 Å². The zero-order valence-electron chi connectivity index (χ0n) is 7.26. The molecular weight excluding hydrogens is 142 g/mol. The number of rotatable bonds is 5. The molecule has 0 aliphatic carbocycles. The third-order valence-corrected chi connectivity index (χ3v) is 1.54. The lowest BCUT2D eigenvalue weighted by atomic mass is 10.5. The molecule has 0 radical (unpaired) electrons. The van der Waals surface area contributed by atoms with Crippen molar-refractivity contribution in [2.24, 2.45) is 5.73 Å². The van der Waals surface area contributed by atoms with Gasteiger partial charge in [-0.3, -0.25) is 4.79 Å². The van der Waals surface area contributed by atoms with Crippen molar-refractivity contribution in [3.05, 3.63) is 0 Å². The smallest absolute Gasteiger partial charge is 0.233 e. The summed E-state index contributed by atoms with van der Waals surface area (Å²) in [6.45, 7) is 4.71. The number of carbonyl (C=O) groups is 1. The zero-order chi connectivity index (χ0) is 8.69. The van der Waals surface area contributed by atoms with Crippen LogP contribution in [-0.4, -0.2) is 44.0 Å². The Balaban J connectivity index is 3.20. The molecule has 0 atom stereocenters. The van der Waals surface area contributed by atoms with Crippen molar-refractivity contribution in [2.75, 3.05) is 33.2 Å². The van der Waals surface area contributed by atoms with E-state index in [0.717, 1.165) is 13.1 Å². The van der Waals surface area contributed by atoms with Crippen LogP contribution in [0.5, 0.6) is 0 Å². The van der Waals surface area contributed by atoms with Gasteiger partial charge in [0, 0.05) is 13.1 Å². The summed E-state index contributed by atoms with van der Waals surface area (Å²) in [5.41, 5.74) is 5.10. The quantitative estimate of drug-likeness (QED) is 0.541. The minimum Gasteiger partial charge on any atom is -0.354 e. The van der Waals surface area contributed by atoms with Gasteiger partial charge in [-0.2, -0.15) is 0 Å². The Labute approximate surface area is 67.7 Å². The SMILES string of the molecule is CCN(C)CCNC(=O)CN. The monoisotopic (exact) mass is 159 g/mol. The van der Waals surface area contributed by atoms with Crippen molar-refractivity contribution in [3.8, 4) is 0 Å². The van der Waals surface area contributed by atoms with Crippen molar-refractivity contribution in [1.29, 1.82) is 0 Å². The van der Waals surface area contributed by atoms with E-state index in [4.69, 9.17) is 5.73 Å². The van der Waals surface area contributed by atoms with Gasteiger partial charge in [0.25, 0.3) is 0 Å². The lowest BCUT2D eigenvalue weighted by Crippen LogP contribution is -2.36. The summed E-state index contributed by atoms with van der Waals surface area (Å²) in [5, 5.41) is 2.69. The molecule has 66 valence electrons. The van der Waals surface area contributed by atoms with E-state index in [1.54, 1.807) is 0 Å². The van der Waals surface area contributed by atoms with Crippen LogP contribution in [-0.2, 0) is 4.79 Å². The van der Waals surface area contributed by atoms with Crippen molar-refractivity contribution in [3.63, 3.8) is 0 Å². The predicted octanol–water partition coefficient (Wildman–Crippen LogP) is -0.987. The highest BCUT2D eigenvalue weighted by Gasteiger charge is 1.96. The first-order chi connectivity index (χ1) is 5.20. The highest BCUT2D eigenvalue weighted by molar-refractivity contribution is 5.77. The minimum atomic E-state index is -0.0884. The van der Waals surface area contributed by atoms with Crippen LogP contribution in [0.1, 0.15) is 6.92 Å². The molecule has 0 saturated carbocycles. The van der Waals surface area contributed by atoms with E-state index in [2.05, 4.69) is 17.1 Å². The molecule has 0 unspecified atom stereocenters. The van der Waals surface area contributed by atoms with Crippen molar-refractivity contribution in [1.82, 2.24) is 10.2 Å². The van der Waals surface area contributed by atoms with E-state index in [-0.39, 0.29) is 12.5 Å². The number of carbonyl (C=O) groups excluding carboxylic acids is 1. The van der Waals surface area contributed by atoms with E-state index in [0.29, 0.717) is 6.54 Å². The Morgan fingerprint density at radius 3 is 2.73 bits per heavy atom. The fourth-order valence-electron chi connectivity index (χ4n) is 0.616. The van der Waals surface area contributed by atoms with Crippen LogP contribution < -0.4 is 11.1 Å². The summed E-state index contributed by atoms with van der Waals surface area (Å²) in [4.78, 5) is 12.7. The van der Waals surface area contributed by atoms with Gasteiger partial charge < -0.3 is 16.0 Å². The third kappa shape index (κ3) is 5.82. The molecule has 0 aromatic carbocycles. The number of nitrogens with one attached hydrogen (secondary N) is 1. The second-order valence-electron chi connectivity index (χ2n) is 2.45. The van der Waals surface area contributed by atoms with E-state index in [1.165, 1.54) is 0 Å². The van der Waals surface area contributed by atoms with Crippen LogP contribution in [0.25, 0.3) is 0 Å². The maximum atomic E-state index is 10.6. The van der Waals surface area contributed by atoms with Crippen LogP contribution >= 0.6 is 0 Å². The third-order valence-electron chi connectivity index (χ3n) is 1.54. The van der Waals surface area contributed by atoms with E-state index in [1.807, 2.05) is 7.05 Å². The largest absolute Gasteiger partial charge is 0.354 e. The second kappa shape index (κ2) is 6.12. The molecule has 11 heavy (non-hydrogen) atoms. The molecule has 0 bridgehead atoms. The number of amides is 1. The molecule has 0 rings (SSSR count). The molecule has 4 heteroatoms. The molecule has 0 saturated heterocycles. The maximum Gasteiger partial charge on any atom is 0.233 e. The Morgan fingerprint density at radius 1 is 1.64 bits per heavy atom. The number of nitrogens with two attached hydrogens (primary N) is 1. The van der Waals surface area contributed by atoms with Gasteiger partial charge in [-0.25, -0.2) is 0 Å². The summed E-state index contributed by atoms with van der Waals surface area (Å²) in [6.07, 6.45) is 0. The van der Waals surface area contributed by atoms with E-state index >= 15 is 0 Å². The van der Waals surface area contributed by atoms with Crippen LogP contribution in [0.3, 0.4) is 0 Å². The van der Waals surface area contributed by atoms with Gasteiger partial charge in [0.2, 0.25) is 5.91 Å². The molecule has 0 fully saturated rings. The number of hydrogen-bond acceptors (Lipinski definition) is 3. The second-order valence-corrected chi connectivity index (χ2v) is 2.45. The summed E-state index contributed by atoms with van der Waals surface area (Å²) >= 11 is 0. The summed E-state index contributed by atoms with van der Waals surface area (Å²) in [7, 11) is 2.01. The normalized spacial score (nSPS) is 10.2. The van der Waals surface area contributed by atoms with Gasteiger partial charge in [-0.1, -0.05) is 6.92 Å². The first-order valence-electron chi connectivity index (χ1n) is 3.86. The Kier molecular flexibility index (Phi) is 5.78. The molecular formula is C7H17N3O. The Morgan fingerprint density at radius 2 is 2.27 bits per heavy atom. The zero-order valence-corrected chi connectivity index (χ0v) is 7.26. The Bertz CT molecular complexity index is 116. The fourth-order valence-corrected chi connectivity index (χ4v) is 0.616. The van der Waals surface area contributed by atoms with Crippen LogP contribution in [0.2, 0.25) is 0 Å². The van der Waals surface area contributed by atoms with Crippen molar-refractivity contribution in [2.45, 2.75) is 6.92 Å². The lowest BCUT2D eigenvalue weighted by molar-refractivity contribution is -0.119. The van der Waals surface area contributed by atoms with Gasteiger partial charge in [0.1, 0.15) is 0 Å².